The first kappa shape index (κ1) is 36.3. The number of nitrogens with zero attached hydrogens (tertiary/aromatic N) is 1. The lowest BCUT2D eigenvalue weighted by molar-refractivity contribution is -0.194. The SMILES string of the molecule is C=C1[C@@H](OC(=O)C[C@@H](c2ccccc2)N(C)C)CC[C@@]2(C)[C@@H](O)[C@H](OC(C)=O)C3=C(C)[C@@H](OC(C)=O)C[C@@H]([C@@H](OC(C)=O)[C@H]12)C3(C)C. The van der Waals surface area contributed by atoms with Crippen LogP contribution >= 0.6 is 0 Å². The fourth-order valence-electron chi connectivity index (χ4n) is 8.53. The van der Waals surface area contributed by atoms with Crippen LogP contribution in [0.2, 0.25) is 0 Å². The van der Waals surface area contributed by atoms with Gasteiger partial charge in [0.05, 0.1) is 6.42 Å². The van der Waals surface area contributed by atoms with E-state index in [1.165, 1.54) is 20.8 Å². The lowest BCUT2D eigenvalue weighted by Gasteiger charge is -2.59. The van der Waals surface area contributed by atoms with Gasteiger partial charge in [0, 0.05) is 44.1 Å². The number of aliphatic hydroxyl groups excluding tert-OH is 1. The van der Waals surface area contributed by atoms with Crippen LogP contribution in [-0.4, -0.2) is 78.5 Å². The summed E-state index contributed by atoms with van der Waals surface area (Å²) in [4.78, 5) is 53.1. The predicted molar refractivity (Wildman–Crippen MR) is 175 cm³/mol. The van der Waals surface area contributed by atoms with Gasteiger partial charge in [-0.05, 0) is 68.0 Å². The third-order valence-corrected chi connectivity index (χ3v) is 10.8. The molecule has 0 unspecified atom stereocenters. The molecule has 3 aliphatic rings. The van der Waals surface area contributed by atoms with Crippen molar-refractivity contribution in [2.75, 3.05) is 14.1 Å². The van der Waals surface area contributed by atoms with Gasteiger partial charge in [0.2, 0.25) is 0 Å². The Bertz CT molecular complexity index is 1420. The van der Waals surface area contributed by atoms with Gasteiger partial charge in [0.15, 0.2) is 6.10 Å². The van der Waals surface area contributed by atoms with Crippen molar-refractivity contribution < 1.29 is 43.2 Å². The van der Waals surface area contributed by atoms with E-state index in [4.69, 9.17) is 18.9 Å². The number of aliphatic hydroxyl groups is 1. The van der Waals surface area contributed by atoms with Crippen LogP contribution in [0.25, 0.3) is 0 Å². The monoisotopic (exact) mass is 653 g/mol. The number of rotatable bonds is 8. The van der Waals surface area contributed by atoms with E-state index in [0.717, 1.165) is 5.56 Å². The van der Waals surface area contributed by atoms with Crippen molar-refractivity contribution >= 4 is 23.9 Å². The molecule has 47 heavy (non-hydrogen) atoms. The van der Waals surface area contributed by atoms with Gasteiger partial charge in [-0.1, -0.05) is 57.7 Å². The molecule has 0 radical (unpaired) electrons. The summed E-state index contributed by atoms with van der Waals surface area (Å²) in [6, 6.07) is 9.53. The number of carbonyl (C=O) groups excluding carboxylic acids is 4. The standard InChI is InChI=1S/C37H51NO9/c1-20-28(47-30(42)19-27(38(9)10)25-14-12-11-13-15-25)16-17-37(8)32(20)33(45-23(4)40)26-18-29(44-22(3)39)21(2)31(36(26,6)7)34(35(37)43)46-24(5)41/h11-15,26-29,32-35,43H,1,16-19H2,2-10H3/t26-,27-,28-,29-,32-,33+,34+,35-,37+/m0/s1. The number of hydrogen-bond acceptors (Lipinski definition) is 10. The number of hydrogen-bond donors (Lipinski definition) is 1. The van der Waals surface area contributed by atoms with E-state index < -0.39 is 77.1 Å². The van der Waals surface area contributed by atoms with E-state index in [-0.39, 0.29) is 12.5 Å². The molecule has 1 N–H and O–H groups in total. The molecule has 0 heterocycles. The molecule has 0 spiro atoms. The highest BCUT2D eigenvalue weighted by Gasteiger charge is 2.63. The quantitative estimate of drug-likeness (QED) is 0.230. The van der Waals surface area contributed by atoms with Crippen LogP contribution < -0.4 is 0 Å². The minimum Gasteiger partial charge on any atom is -0.462 e. The Hall–Kier alpha value is -3.50. The number of fused-ring (bicyclic) bond motifs is 3. The third kappa shape index (κ3) is 7.18. The number of benzene rings is 1. The maximum absolute atomic E-state index is 13.5. The maximum atomic E-state index is 13.5. The molecular weight excluding hydrogens is 602 g/mol. The van der Waals surface area contributed by atoms with Gasteiger partial charge in [-0.3, -0.25) is 19.2 Å². The Kier molecular flexibility index (Phi) is 10.8. The summed E-state index contributed by atoms with van der Waals surface area (Å²) < 4.78 is 24.0. The molecule has 1 aromatic carbocycles. The average Bonchev–Trinajstić information content (AvgIpc) is 2.96. The van der Waals surface area contributed by atoms with Gasteiger partial charge < -0.3 is 29.0 Å². The van der Waals surface area contributed by atoms with Gasteiger partial charge in [0.25, 0.3) is 0 Å². The summed E-state index contributed by atoms with van der Waals surface area (Å²) >= 11 is 0. The molecule has 4 rings (SSSR count). The number of esters is 4. The third-order valence-electron chi connectivity index (χ3n) is 10.8. The van der Waals surface area contributed by atoms with Crippen LogP contribution in [0.4, 0.5) is 0 Å². The summed E-state index contributed by atoms with van der Waals surface area (Å²) in [5, 5.41) is 12.3. The van der Waals surface area contributed by atoms with E-state index in [1.54, 1.807) is 0 Å². The highest BCUT2D eigenvalue weighted by Crippen LogP contribution is 2.60. The second-order valence-corrected chi connectivity index (χ2v) is 14.5. The van der Waals surface area contributed by atoms with Crippen molar-refractivity contribution in [1.82, 2.24) is 4.90 Å². The Morgan fingerprint density at radius 1 is 0.936 bits per heavy atom. The Labute approximate surface area is 278 Å². The molecule has 0 aliphatic heterocycles. The van der Waals surface area contributed by atoms with E-state index in [0.29, 0.717) is 36.0 Å². The van der Waals surface area contributed by atoms with Gasteiger partial charge in [-0.15, -0.1) is 0 Å². The fourth-order valence-corrected chi connectivity index (χ4v) is 8.53. The first-order valence-corrected chi connectivity index (χ1v) is 16.4. The molecule has 9 atom stereocenters. The summed E-state index contributed by atoms with van der Waals surface area (Å²) in [6.45, 7) is 16.1. The molecular formula is C37H51NO9. The zero-order valence-electron chi connectivity index (χ0n) is 29.2. The van der Waals surface area contributed by atoms with Gasteiger partial charge in [-0.2, -0.15) is 0 Å². The highest BCUT2D eigenvalue weighted by molar-refractivity contribution is 5.71. The maximum Gasteiger partial charge on any atom is 0.308 e. The molecule has 0 amide bonds. The Morgan fingerprint density at radius 2 is 1.53 bits per heavy atom. The summed E-state index contributed by atoms with van der Waals surface area (Å²) in [7, 11) is 3.82. The molecule has 10 heteroatoms. The van der Waals surface area contributed by atoms with Crippen LogP contribution in [0.15, 0.2) is 53.6 Å². The fraction of sp³-hybridized carbons (Fsp3) is 0.622. The number of carbonyl (C=O) groups is 4. The molecule has 2 bridgehead atoms. The lowest BCUT2D eigenvalue weighted by atomic mass is 9.49. The molecule has 0 aromatic heterocycles. The molecule has 0 saturated heterocycles. The first-order valence-electron chi connectivity index (χ1n) is 16.4. The smallest absolute Gasteiger partial charge is 0.308 e. The first-order chi connectivity index (χ1) is 21.9. The lowest BCUT2D eigenvalue weighted by Crippen LogP contribution is -2.63. The van der Waals surface area contributed by atoms with Crippen LogP contribution in [0.1, 0.15) is 85.8 Å². The van der Waals surface area contributed by atoms with Crippen LogP contribution in [-0.2, 0) is 38.1 Å². The molecule has 1 aromatic rings. The van der Waals surface area contributed by atoms with Crippen molar-refractivity contribution in [3.8, 4) is 0 Å². The summed E-state index contributed by atoms with van der Waals surface area (Å²) in [6.07, 6.45) is -3.36. The molecule has 10 nitrogen and oxygen atoms in total. The number of ether oxygens (including phenoxy) is 4. The van der Waals surface area contributed by atoms with E-state index in [2.05, 4.69) is 6.58 Å². The predicted octanol–water partition coefficient (Wildman–Crippen LogP) is 5.10. The van der Waals surface area contributed by atoms with Crippen molar-refractivity contribution in [2.45, 2.75) is 111 Å². The van der Waals surface area contributed by atoms with Crippen molar-refractivity contribution in [1.29, 1.82) is 0 Å². The van der Waals surface area contributed by atoms with Crippen LogP contribution in [0, 0.1) is 22.7 Å². The largest absolute Gasteiger partial charge is 0.462 e. The topological polar surface area (TPSA) is 129 Å². The van der Waals surface area contributed by atoms with Crippen LogP contribution in [0.3, 0.4) is 0 Å². The average molecular weight is 654 g/mol. The Morgan fingerprint density at radius 3 is 2.09 bits per heavy atom. The van der Waals surface area contributed by atoms with Crippen LogP contribution in [0.5, 0.6) is 0 Å². The minimum absolute atomic E-state index is 0.112. The van der Waals surface area contributed by atoms with Crippen molar-refractivity contribution in [3.63, 3.8) is 0 Å². The van der Waals surface area contributed by atoms with Gasteiger partial charge >= 0.3 is 23.9 Å². The molecule has 258 valence electrons. The van der Waals surface area contributed by atoms with E-state index in [9.17, 15) is 24.3 Å². The second kappa shape index (κ2) is 13.9. The Balaban J connectivity index is 1.79. The molecule has 3 aliphatic carbocycles. The summed E-state index contributed by atoms with van der Waals surface area (Å²) in [5.74, 6) is -3.09. The van der Waals surface area contributed by atoms with Crippen molar-refractivity contribution in [2.24, 2.45) is 22.7 Å². The summed E-state index contributed by atoms with van der Waals surface area (Å²) in [5.41, 5.74) is 1.09. The zero-order chi connectivity index (χ0) is 35.0. The van der Waals surface area contributed by atoms with E-state index >= 15 is 0 Å². The van der Waals surface area contributed by atoms with Crippen molar-refractivity contribution in [3.05, 3.63) is 59.2 Å². The normalized spacial score (nSPS) is 32.3. The van der Waals surface area contributed by atoms with Gasteiger partial charge in [0.1, 0.15) is 24.4 Å². The van der Waals surface area contributed by atoms with E-state index in [1.807, 2.05) is 77.0 Å². The highest BCUT2D eigenvalue weighted by atomic mass is 16.6. The zero-order valence-corrected chi connectivity index (χ0v) is 29.2. The second-order valence-electron chi connectivity index (χ2n) is 14.5. The molecule has 2 fully saturated rings. The minimum atomic E-state index is -1.25. The molecule has 2 saturated carbocycles. The van der Waals surface area contributed by atoms with Gasteiger partial charge in [-0.25, -0.2) is 0 Å².